The molecule has 0 bridgehead atoms. The molecule has 0 fully saturated rings. The van der Waals surface area contributed by atoms with Gasteiger partial charge in [0, 0.05) is 10.1 Å². The van der Waals surface area contributed by atoms with Crippen LogP contribution in [-0.4, -0.2) is 29.6 Å². The number of nitrogens with one attached hydrogen (secondary N) is 1. The van der Waals surface area contributed by atoms with E-state index in [0.29, 0.717) is 6.54 Å². The van der Waals surface area contributed by atoms with Crippen molar-refractivity contribution in [1.82, 2.24) is 5.32 Å². The first-order valence-corrected chi connectivity index (χ1v) is 7.00. The van der Waals surface area contributed by atoms with Crippen LogP contribution in [0, 0.1) is 3.57 Å². The minimum atomic E-state index is -1.07. The second-order valence-electron chi connectivity index (χ2n) is 4.00. The van der Waals surface area contributed by atoms with Crippen LogP contribution in [0.4, 0.5) is 0 Å². The third-order valence-corrected chi connectivity index (χ3v) is 3.07. The molecule has 1 atom stereocenters. The van der Waals surface area contributed by atoms with Crippen molar-refractivity contribution in [3.05, 3.63) is 27.3 Å². The lowest BCUT2D eigenvalue weighted by atomic mass is 10.2. The van der Waals surface area contributed by atoms with E-state index >= 15 is 0 Å². The summed E-state index contributed by atoms with van der Waals surface area (Å²) in [5.74, 6) is -1.13. The zero-order chi connectivity index (χ0) is 14.4. The highest BCUT2D eigenvalue weighted by Gasteiger charge is 2.18. The summed E-state index contributed by atoms with van der Waals surface area (Å²) < 4.78 is 6.22. The van der Waals surface area contributed by atoms with Crippen molar-refractivity contribution in [3.8, 4) is 5.75 Å². The summed E-state index contributed by atoms with van der Waals surface area (Å²) >= 11 is 2.02. The van der Waals surface area contributed by atoms with Crippen molar-refractivity contribution in [1.29, 1.82) is 0 Å². The number of carboxylic acids is 1. The quantitative estimate of drug-likeness (QED) is 0.746. The molecule has 0 aromatic heterocycles. The Morgan fingerprint density at radius 1 is 1.47 bits per heavy atom. The molecule has 0 heterocycles. The van der Waals surface area contributed by atoms with E-state index in [1.165, 1.54) is 6.07 Å². The monoisotopic (exact) mass is 377 g/mol. The Morgan fingerprint density at radius 2 is 2.16 bits per heavy atom. The first-order valence-electron chi connectivity index (χ1n) is 5.93. The van der Waals surface area contributed by atoms with Gasteiger partial charge in [-0.2, -0.15) is 0 Å². The standard InChI is InChI=1S/C13H16INO4/c1-3-6-15-12(16)8(2)19-11-5-4-9(14)7-10(11)13(17)18/h4-5,7-8H,3,6H2,1-2H3,(H,15,16)(H,17,18). The lowest BCUT2D eigenvalue weighted by Crippen LogP contribution is -2.36. The molecule has 1 amide bonds. The predicted octanol–water partition coefficient (Wildman–Crippen LogP) is 2.28. The van der Waals surface area contributed by atoms with Crippen LogP contribution in [0.1, 0.15) is 30.6 Å². The van der Waals surface area contributed by atoms with E-state index < -0.39 is 12.1 Å². The number of benzene rings is 1. The molecule has 0 aliphatic heterocycles. The summed E-state index contributed by atoms with van der Waals surface area (Å²) in [7, 11) is 0. The van der Waals surface area contributed by atoms with E-state index in [1.807, 2.05) is 29.5 Å². The Balaban J connectivity index is 2.81. The SMILES string of the molecule is CCCNC(=O)C(C)Oc1ccc(I)cc1C(=O)O. The zero-order valence-electron chi connectivity index (χ0n) is 10.8. The van der Waals surface area contributed by atoms with E-state index in [4.69, 9.17) is 9.84 Å². The highest BCUT2D eigenvalue weighted by atomic mass is 127. The molecule has 0 saturated heterocycles. The fourth-order valence-electron chi connectivity index (χ4n) is 1.41. The van der Waals surface area contributed by atoms with Gasteiger partial charge in [-0.05, 0) is 54.1 Å². The van der Waals surface area contributed by atoms with Crippen molar-refractivity contribution in [2.45, 2.75) is 26.4 Å². The van der Waals surface area contributed by atoms with Gasteiger partial charge in [-0.1, -0.05) is 6.92 Å². The summed E-state index contributed by atoms with van der Waals surface area (Å²) in [6.45, 7) is 4.12. The van der Waals surface area contributed by atoms with Crippen molar-refractivity contribution < 1.29 is 19.4 Å². The van der Waals surface area contributed by atoms with E-state index in [-0.39, 0.29) is 17.2 Å². The smallest absolute Gasteiger partial charge is 0.339 e. The van der Waals surface area contributed by atoms with Gasteiger partial charge in [0.1, 0.15) is 11.3 Å². The van der Waals surface area contributed by atoms with Crippen molar-refractivity contribution in [2.75, 3.05) is 6.54 Å². The lowest BCUT2D eigenvalue weighted by Gasteiger charge is -2.16. The number of rotatable bonds is 6. The fourth-order valence-corrected chi connectivity index (χ4v) is 1.90. The zero-order valence-corrected chi connectivity index (χ0v) is 12.9. The van der Waals surface area contributed by atoms with Gasteiger partial charge < -0.3 is 15.2 Å². The van der Waals surface area contributed by atoms with Gasteiger partial charge in [-0.25, -0.2) is 4.79 Å². The molecule has 1 aromatic carbocycles. The number of ether oxygens (including phenoxy) is 1. The molecule has 6 heteroatoms. The molecule has 5 nitrogen and oxygen atoms in total. The minimum absolute atomic E-state index is 0.0574. The molecular weight excluding hydrogens is 361 g/mol. The second-order valence-corrected chi connectivity index (χ2v) is 5.24. The molecule has 0 aliphatic carbocycles. The molecule has 0 aliphatic rings. The Labute approximate surface area is 125 Å². The third-order valence-electron chi connectivity index (χ3n) is 2.39. The number of hydrogen-bond donors (Lipinski definition) is 2. The molecule has 0 radical (unpaired) electrons. The Kier molecular flexibility index (Phi) is 6.07. The molecule has 1 unspecified atom stereocenters. The van der Waals surface area contributed by atoms with Crippen molar-refractivity contribution >= 4 is 34.5 Å². The van der Waals surface area contributed by atoms with Gasteiger partial charge in [0.2, 0.25) is 0 Å². The maximum Gasteiger partial charge on any atom is 0.339 e. The van der Waals surface area contributed by atoms with Crippen molar-refractivity contribution in [3.63, 3.8) is 0 Å². The summed E-state index contributed by atoms with van der Waals surface area (Å²) in [6, 6.07) is 4.81. The van der Waals surface area contributed by atoms with Crippen LogP contribution in [-0.2, 0) is 4.79 Å². The van der Waals surface area contributed by atoms with E-state index in [0.717, 1.165) is 9.99 Å². The summed E-state index contributed by atoms with van der Waals surface area (Å²) in [5, 5.41) is 11.8. The van der Waals surface area contributed by atoms with Crippen LogP contribution < -0.4 is 10.1 Å². The second kappa shape index (κ2) is 7.32. The molecule has 1 aromatic rings. The first-order chi connectivity index (χ1) is 8.95. The van der Waals surface area contributed by atoms with Crippen LogP contribution in [0.25, 0.3) is 0 Å². The number of halogens is 1. The number of carboxylic acid groups (broad SMARTS) is 1. The Hall–Kier alpha value is -1.31. The predicted molar refractivity (Wildman–Crippen MR) is 79.5 cm³/mol. The lowest BCUT2D eigenvalue weighted by molar-refractivity contribution is -0.127. The van der Waals surface area contributed by atoms with Gasteiger partial charge in [0.15, 0.2) is 6.10 Å². The largest absolute Gasteiger partial charge is 0.480 e. The highest BCUT2D eigenvalue weighted by molar-refractivity contribution is 14.1. The number of amides is 1. The van der Waals surface area contributed by atoms with Gasteiger partial charge in [0.05, 0.1) is 0 Å². The summed E-state index contributed by atoms with van der Waals surface area (Å²) in [4.78, 5) is 22.8. The van der Waals surface area contributed by atoms with E-state index in [1.54, 1.807) is 19.1 Å². The van der Waals surface area contributed by atoms with Crippen LogP contribution in [0.15, 0.2) is 18.2 Å². The fraction of sp³-hybridized carbons (Fsp3) is 0.385. The minimum Gasteiger partial charge on any atom is -0.480 e. The van der Waals surface area contributed by atoms with E-state index in [9.17, 15) is 9.59 Å². The van der Waals surface area contributed by atoms with Crippen LogP contribution in [0.2, 0.25) is 0 Å². The molecule has 0 spiro atoms. The van der Waals surface area contributed by atoms with Gasteiger partial charge >= 0.3 is 5.97 Å². The van der Waals surface area contributed by atoms with Crippen LogP contribution in [0.3, 0.4) is 0 Å². The maximum absolute atomic E-state index is 11.7. The number of carbonyl (C=O) groups is 2. The third kappa shape index (κ3) is 4.70. The average Bonchev–Trinajstić information content (AvgIpc) is 2.37. The Morgan fingerprint density at radius 3 is 2.74 bits per heavy atom. The summed E-state index contributed by atoms with van der Waals surface area (Å²) in [6.07, 6.45) is 0.104. The van der Waals surface area contributed by atoms with Gasteiger partial charge in [-0.15, -0.1) is 0 Å². The van der Waals surface area contributed by atoms with Crippen molar-refractivity contribution in [2.24, 2.45) is 0 Å². The molecule has 1 rings (SSSR count). The molecule has 104 valence electrons. The van der Waals surface area contributed by atoms with E-state index in [2.05, 4.69) is 5.32 Å². The highest BCUT2D eigenvalue weighted by Crippen LogP contribution is 2.22. The number of aromatic carboxylic acids is 1. The summed E-state index contributed by atoms with van der Waals surface area (Å²) in [5.41, 5.74) is 0.0574. The number of carbonyl (C=O) groups excluding carboxylic acids is 1. The molecule has 2 N–H and O–H groups in total. The first kappa shape index (κ1) is 15.7. The van der Waals surface area contributed by atoms with Crippen LogP contribution >= 0.6 is 22.6 Å². The molecular formula is C13H16INO4. The molecule has 0 saturated carbocycles. The topological polar surface area (TPSA) is 75.6 Å². The molecule has 19 heavy (non-hydrogen) atoms. The average molecular weight is 377 g/mol. The maximum atomic E-state index is 11.7. The van der Waals surface area contributed by atoms with Gasteiger partial charge in [0.25, 0.3) is 5.91 Å². The Bertz CT molecular complexity index is 476. The van der Waals surface area contributed by atoms with Crippen LogP contribution in [0.5, 0.6) is 5.75 Å². The normalized spacial score (nSPS) is 11.7. The van der Waals surface area contributed by atoms with Gasteiger partial charge in [-0.3, -0.25) is 4.79 Å². The number of hydrogen-bond acceptors (Lipinski definition) is 3.